The van der Waals surface area contributed by atoms with Gasteiger partial charge in [0, 0.05) is 6.54 Å². The molecule has 1 heterocycles. The van der Waals surface area contributed by atoms with Gasteiger partial charge in [0.15, 0.2) is 0 Å². The first-order valence-electron chi connectivity index (χ1n) is 8.86. The number of benzene rings is 2. The summed E-state index contributed by atoms with van der Waals surface area (Å²) < 4.78 is 5.47. The zero-order valence-electron chi connectivity index (χ0n) is 14.8. The standard InChI is InChI=1S/C20H26N2O3/c1-14(23)11-19-13-25-10-9-22(19)20(24)21-15(2)17-8-7-16-5-3-4-6-18(16)12-17/h3-8,12,14-15,19,23H,9-11,13H2,1-2H3,(H,21,24)/t14-,15-,19-/m0/s1. The molecule has 0 unspecified atom stereocenters. The Morgan fingerprint density at radius 3 is 2.80 bits per heavy atom. The molecule has 25 heavy (non-hydrogen) atoms. The molecule has 0 spiro atoms. The Morgan fingerprint density at radius 1 is 1.28 bits per heavy atom. The Labute approximate surface area is 148 Å². The summed E-state index contributed by atoms with van der Waals surface area (Å²) in [5.41, 5.74) is 1.08. The summed E-state index contributed by atoms with van der Waals surface area (Å²) in [7, 11) is 0. The average molecular weight is 342 g/mol. The van der Waals surface area contributed by atoms with E-state index >= 15 is 0 Å². The molecule has 2 aromatic rings. The zero-order chi connectivity index (χ0) is 17.8. The van der Waals surface area contributed by atoms with Crippen molar-refractivity contribution in [1.82, 2.24) is 10.2 Å². The molecule has 1 saturated heterocycles. The van der Waals surface area contributed by atoms with Gasteiger partial charge in [-0.25, -0.2) is 4.79 Å². The van der Waals surface area contributed by atoms with Crippen LogP contribution in [0.25, 0.3) is 10.8 Å². The highest BCUT2D eigenvalue weighted by Crippen LogP contribution is 2.21. The van der Waals surface area contributed by atoms with E-state index in [0.29, 0.717) is 26.2 Å². The fourth-order valence-electron chi connectivity index (χ4n) is 3.34. The number of hydrogen-bond acceptors (Lipinski definition) is 3. The highest BCUT2D eigenvalue weighted by molar-refractivity contribution is 5.83. The van der Waals surface area contributed by atoms with Crippen molar-refractivity contribution >= 4 is 16.8 Å². The Morgan fingerprint density at radius 2 is 2.04 bits per heavy atom. The normalized spacial score (nSPS) is 20.3. The number of nitrogens with zero attached hydrogens (tertiary/aromatic N) is 1. The van der Waals surface area contributed by atoms with Crippen molar-refractivity contribution in [3.05, 3.63) is 48.0 Å². The number of carbonyl (C=O) groups is 1. The summed E-state index contributed by atoms with van der Waals surface area (Å²) in [6.07, 6.45) is 0.0672. The summed E-state index contributed by atoms with van der Waals surface area (Å²) in [5.74, 6) is 0. The topological polar surface area (TPSA) is 61.8 Å². The molecule has 1 aliphatic rings. The number of urea groups is 1. The summed E-state index contributed by atoms with van der Waals surface area (Å²) in [4.78, 5) is 14.5. The predicted octanol–water partition coefficient (Wildman–Crippen LogP) is 3.08. The van der Waals surface area contributed by atoms with Gasteiger partial charge in [-0.3, -0.25) is 0 Å². The van der Waals surface area contributed by atoms with E-state index in [1.54, 1.807) is 11.8 Å². The minimum atomic E-state index is -0.458. The van der Waals surface area contributed by atoms with E-state index < -0.39 is 6.10 Å². The molecule has 1 fully saturated rings. The molecule has 0 aromatic heterocycles. The van der Waals surface area contributed by atoms with Gasteiger partial charge < -0.3 is 20.1 Å². The van der Waals surface area contributed by atoms with Crippen LogP contribution >= 0.6 is 0 Å². The van der Waals surface area contributed by atoms with Crippen molar-refractivity contribution in [2.24, 2.45) is 0 Å². The van der Waals surface area contributed by atoms with Crippen LogP contribution in [0.2, 0.25) is 0 Å². The molecule has 0 aliphatic carbocycles. The zero-order valence-corrected chi connectivity index (χ0v) is 14.8. The van der Waals surface area contributed by atoms with Crippen LogP contribution in [0.3, 0.4) is 0 Å². The number of fused-ring (bicyclic) bond motifs is 1. The fourth-order valence-corrected chi connectivity index (χ4v) is 3.34. The molecule has 0 bridgehead atoms. The first-order chi connectivity index (χ1) is 12.0. The number of aliphatic hydroxyl groups is 1. The van der Waals surface area contributed by atoms with Gasteiger partial charge in [-0.05, 0) is 42.7 Å². The number of rotatable bonds is 4. The Hall–Kier alpha value is -2.11. The molecule has 0 saturated carbocycles. The first-order valence-corrected chi connectivity index (χ1v) is 8.86. The van der Waals surface area contributed by atoms with E-state index in [0.717, 1.165) is 5.56 Å². The molecule has 1 aliphatic heterocycles. The first kappa shape index (κ1) is 17.7. The number of ether oxygens (including phenoxy) is 1. The van der Waals surface area contributed by atoms with Crippen LogP contribution in [-0.2, 0) is 4.74 Å². The van der Waals surface area contributed by atoms with E-state index in [2.05, 4.69) is 35.6 Å². The lowest BCUT2D eigenvalue weighted by Crippen LogP contribution is -2.53. The van der Waals surface area contributed by atoms with Crippen LogP contribution in [0.15, 0.2) is 42.5 Å². The SMILES string of the molecule is C[C@H](O)C[C@H]1COCCN1C(=O)N[C@@H](C)c1ccc2ccccc2c1. The molecular weight excluding hydrogens is 316 g/mol. The van der Waals surface area contributed by atoms with Crippen molar-refractivity contribution in [3.63, 3.8) is 0 Å². The lowest BCUT2D eigenvalue weighted by atomic mass is 10.0. The summed E-state index contributed by atoms with van der Waals surface area (Å²) in [6.45, 7) is 5.29. The second kappa shape index (κ2) is 7.85. The van der Waals surface area contributed by atoms with Gasteiger partial charge in [-0.2, -0.15) is 0 Å². The number of aliphatic hydroxyl groups excluding tert-OH is 1. The van der Waals surface area contributed by atoms with E-state index in [9.17, 15) is 9.90 Å². The second-order valence-electron chi connectivity index (χ2n) is 6.78. The van der Waals surface area contributed by atoms with Gasteiger partial charge in [0.25, 0.3) is 0 Å². The fraction of sp³-hybridized carbons (Fsp3) is 0.450. The second-order valence-corrected chi connectivity index (χ2v) is 6.78. The highest BCUT2D eigenvalue weighted by atomic mass is 16.5. The third kappa shape index (κ3) is 4.30. The van der Waals surface area contributed by atoms with Crippen molar-refractivity contribution in [3.8, 4) is 0 Å². The molecule has 3 rings (SSSR count). The Bertz CT molecular complexity index is 732. The maximum Gasteiger partial charge on any atom is 0.318 e. The number of nitrogens with one attached hydrogen (secondary N) is 1. The molecule has 5 heteroatoms. The van der Waals surface area contributed by atoms with E-state index in [4.69, 9.17) is 4.74 Å². The molecule has 3 atom stereocenters. The maximum absolute atomic E-state index is 12.7. The van der Waals surface area contributed by atoms with Gasteiger partial charge >= 0.3 is 6.03 Å². The average Bonchev–Trinajstić information content (AvgIpc) is 2.61. The molecule has 0 radical (unpaired) electrons. The van der Waals surface area contributed by atoms with Crippen LogP contribution in [0, 0.1) is 0 Å². The van der Waals surface area contributed by atoms with Crippen molar-refractivity contribution in [1.29, 1.82) is 0 Å². The quantitative estimate of drug-likeness (QED) is 0.897. The highest BCUT2D eigenvalue weighted by Gasteiger charge is 2.29. The van der Waals surface area contributed by atoms with Crippen LogP contribution in [0.5, 0.6) is 0 Å². The predicted molar refractivity (Wildman–Crippen MR) is 98.5 cm³/mol. The minimum absolute atomic E-state index is 0.0856. The lowest BCUT2D eigenvalue weighted by molar-refractivity contribution is -0.00473. The van der Waals surface area contributed by atoms with E-state index in [1.165, 1.54) is 10.8 Å². The van der Waals surface area contributed by atoms with E-state index in [-0.39, 0.29) is 18.1 Å². The monoisotopic (exact) mass is 342 g/mol. The van der Waals surface area contributed by atoms with Gasteiger partial charge in [-0.1, -0.05) is 36.4 Å². The molecule has 2 N–H and O–H groups in total. The number of morpholine rings is 1. The summed E-state index contributed by atoms with van der Waals surface area (Å²) in [6, 6.07) is 14.2. The molecular formula is C20H26N2O3. The lowest BCUT2D eigenvalue weighted by Gasteiger charge is -2.37. The van der Waals surface area contributed by atoms with Crippen LogP contribution < -0.4 is 5.32 Å². The van der Waals surface area contributed by atoms with E-state index in [1.807, 2.05) is 19.1 Å². The smallest absolute Gasteiger partial charge is 0.318 e. The van der Waals surface area contributed by atoms with Gasteiger partial charge in [-0.15, -0.1) is 0 Å². The Kier molecular flexibility index (Phi) is 5.56. The maximum atomic E-state index is 12.7. The number of amides is 2. The summed E-state index contributed by atoms with van der Waals surface area (Å²) >= 11 is 0. The van der Waals surface area contributed by atoms with Gasteiger partial charge in [0.05, 0.1) is 31.4 Å². The molecule has 134 valence electrons. The molecule has 2 amide bonds. The number of hydrogen-bond donors (Lipinski definition) is 2. The largest absolute Gasteiger partial charge is 0.393 e. The minimum Gasteiger partial charge on any atom is -0.393 e. The molecule has 2 aromatic carbocycles. The van der Waals surface area contributed by atoms with Gasteiger partial charge in [0.2, 0.25) is 0 Å². The number of carbonyl (C=O) groups excluding carboxylic acids is 1. The van der Waals surface area contributed by atoms with Crippen molar-refractivity contribution < 1.29 is 14.6 Å². The third-order valence-corrected chi connectivity index (χ3v) is 4.72. The van der Waals surface area contributed by atoms with Crippen LogP contribution in [-0.4, -0.2) is 47.9 Å². The summed E-state index contributed by atoms with van der Waals surface area (Å²) in [5, 5.41) is 15.1. The van der Waals surface area contributed by atoms with Crippen molar-refractivity contribution in [2.75, 3.05) is 19.8 Å². The van der Waals surface area contributed by atoms with Crippen LogP contribution in [0.4, 0.5) is 4.79 Å². The van der Waals surface area contributed by atoms with Crippen molar-refractivity contribution in [2.45, 2.75) is 38.5 Å². The van der Waals surface area contributed by atoms with Gasteiger partial charge in [0.1, 0.15) is 0 Å². The van der Waals surface area contributed by atoms with Crippen LogP contribution in [0.1, 0.15) is 31.9 Å². The Balaban J connectivity index is 1.69. The molecule has 5 nitrogen and oxygen atoms in total. The third-order valence-electron chi connectivity index (χ3n) is 4.72.